The van der Waals surface area contributed by atoms with Gasteiger partial charge in [0.2, 0.25) is 6.79 Å². The van der Waals surface area contributed by atoms with Crippen molar-refractivity contribution in [3.63, 3.8) is 0 Å². The molecule has 0 radical (unpaired) electrons. The largest absolute Gasteiger partial charge is 0.489 e. The molecule has 0 N–H and O–H groups in total. The van der Waals surface area contributed by atoms with E-state index in [1.165, 1.54) is 4.90 Å². The lowest BCUT2D eigenvalue weighted by Gasteiger charge is -2.14. The van der Waals surface area contributed by atoms with Gasteiger partial charge in [-0.3, -0.25) is 14.5 Å². The molecular weight excluding hydrogens is 462 g/mol. The molecule has 0 aliphatic carbocycles. The Morgan fingerprint density at radius 2 is 1.79 bits per heavy atom. The second-order valence-electron chi connectivity index (χ2n) is 7.41. The first-order valence-electron chi connectivity index (χ1n) is 10.2. The number of ether oxygens (including phenoxy) is 3. The number of nitrogens with zero attached hydrogens (tertiary/aromatic N) is 1. The number of hydrogen-bond donors (Lipinski definition) is 0. The fourth-order valence-electron chi connectivity index (χ4n) is 3.47. The summed E-state index contributed by atoms with van der Waals surface area (Å²) in [5.41, 5.74) is 2.44. The van der Waals surface area contributed by atoms with E-state index in [4.69, 9.17) is 25.8 Å². The molecule has 0 saturated carbocycles. The van der Waals surface area contributed by atoms with Crippen molar-refractivity contribution in [2.75, 3.05) is 6.79 Å². The number of carbonyl (C=O) groups excluding carboxylic acids is 2. The summed E-state index contributed by atoms with van der Waals surface area (Å²) in [7, 11) is 0. The van der Waals surface area contributed by atoms with E-state index < -0.39 is 0 Å². The molecule has 166 valence electrons. The summed E-state index contributed by atoms with van der Waals surface area (Å²) in [5, 5.41) is 0.0574. The average Bonchev–Trinajstić information content (AvgIpc) is 3.38. The van der Waals surface area contributed by atoms with Gasteiger partial charge in [-0.25, -0.2) is 0 Å². The quantitative estimate of drug-likeness (QED) is 0.411. The maximum absolute atomic E-state index is 13.0. The highest BCUT2D eigenvalue weighted by Crippen LogP contribution is 2.39. The van der Waals surface area contributed by atoms with Crippen molar-refractivity contribution >= 4 is 40.6 Å². The normalized spacial score (nSPS) is 16.0. The molecule has 0 bridgehead atoms. The summed E-state index contributed by atoms with van der Waals surface area (Å²) in [6, 6.07) is 20.6. The summed E-state index contributed by atoms with van der Waals surface area (Å²) < 4.78 is 16.5. The van der Waals surface area contributed by atoms with Crippen LogP contribution in [0.5, 0.6) is 17.2 Å². The molecule has 0 unspecified atom stereocenters. The van der Waals surface area contributed by atoms with Gasteiger partial charge in [-0.15, -0.1) is 0 Å². The van der Waals surface area contributed by atoms with E-state index in [1.54, 1.807) is 18.2 Å². The standard InChI is InChI=1S/C25H18ClNO5S/c26-20-12-22-21(31-15-32-22)11-18(20)13-27-24(28)23(33-25(27)29)10-17-7-4-8-19(9-17)30-14-16-5-2-1-3-6-16/h1-12H,13-15H2/b23-10-. The zero-order chi connectivity index (χ0) is 22.8. The maximum atomic E-state index is 13.0. The zero-order valence-electron chi connectivity index (χ0n) is 17.3. The van der Waals surface area contributed by atoms with Crippen molar-refractivity contribution in [2.45, 2.75) is 13.2 Å². The Balaban J connectivity index is 1.30. The Kier molecular flexibility index (Phi) is 5.98. The minimum atomic E-state index is -0.366. The predicted octanol–water partition coefficient (Wildman–Crippen LogP) is 5.88. The Morgan fingerprint density at radius 1 is 1.00 bits per heavy atom. The molecule has 2 aliphatic rings. The molecule has 0 atom stereocenters. The maximum Gasteiger partial charge on any atom is 0.293 e. The van der Waals surface area contributed by atoms with E-state index in [1.807, 2.05) is 54.6 Å². The van der Waals surface area contributed by atoms with Gasteiger partial charge in [0.15, 0.2) is 11.5 Å². The third-order valence-electron chi connectivity index (χ3n) is 5.15. The van der Waals surface area contributed by atoms with Crippen LogP contribution in [0.15, 0.2) is 71.6 Å². The summed E-state index contributed by atoms with van der Waals surface area (Å²) in [6.45, 7) is 0.613. The fraction of sp³-hybridized carbons (Fsp3) is 0.120. The first-order chi connectivity index (χ1) is 16.1. The van der Waals surface area contributed by atoms with Gasteiger partial charge in [0, 0.05) is 11.1 Å². The second-order valence-corrected chi connectivity index (χ2v) is 8.81. The number of thioether (sulfide) groups is 1. The second kappa shape index (κ2) is 9.21. The highest BCUT2D eigenvalue weighted by atomic mass is 35.5. The van der Waals surface area contributed by atoms with Gasteiger partial charge < -0.3 is 14.2 Å². The molecule has 2 amide bonds. The molecule has 2 heterocycles. The molecule has 1 saturated heterocycles. The Morgan fingerprint density at radius 3 is 2.61 bits per heavy atom. The topological polar surface area (TPSA) is 65.1 Å². The molecule has 0 aromatic heterocycles. The van der Waals surface area contributed by atoms with Gasteiger partial charge >= 0.3 is 0 Å². The van der Waals surface area contributed by atoms with E-state index in [9.17, 15) is 9.59 Å². The molecule has 0 spiro atoms. The summed E-state index contributed by atoms with van der Waals surface area (Å²) in [6.07, 6.45) is 1.70. The lowest BCUT2D eigenvalue weighted by molar-refractivity contribution is -0.123. The lowest BCUT2D eigenvalue weighted by atomic mass is 10.1. The van der Waals surface area contributed by atoms with Crippen LogP contribution < -0.4 is 14.2 Å². The number of imide groups is 1. The van der Waals surface area contributed by atoms with Crippen LogP contribution in [0.3, 0.4) is 0 Å². The van der Waals surface area contributed by atoms with E-state index in [0.717, 1.165) is 22.9 Å². The van der Waals surface area contributed by atoms with E-state index in [0.29, 0.717) is 39.3 Å². The number of halogens is 1. The fourth-order valence-corrected chi connectivity index (χ4v) is 4.53. The van der Waals surface area contributed by atoms with Crippen molar-refractivity contribution in [3.8, 4) is 17.2 Å². The molecule has 33 heavy (non-hydrogen) atoms. The Hall–Kier alpha value is -3.42. The van der Waals surface area contributed by atoms with Crippen LogP contribution in [0.25, 0.3) is 6.08 Å². The zero-order valence-corrected chi connectivity index (χ0v) is 18.9. The minimum Gasteiger partial charge on any atom is -0.489 e. The highest BCUT2D eigenvalue weighted by Gasteiger charge is 2.35. The molecule has 5 rings (SSSR count). The van der Waals surface area contributed by atoms with Crippen LogP contribution in [0.2, 0.25) is 5.02 Å². The van der Waals surface area contributed by atoms with Gasteiger partial charge in [0.1, 0.15) is 12.4 Å². The van der Waals surface area contributed by atoms with Crippen molar-refractivity contribution in [3.05, 3.63) is 93.3 Å². The molecule has 8 heteroatoms. The third-order valence-corrected chi connectivity index (χ3v) is 6.41. The summed E-state index contributed by atoms with van der Waals surface area (Å²) in [4.78, 5) is 27.0. The molecule has 1 fully saturated rings. The molecule has 3 aromatic rings. The van der Waals surface area contributed by atoms with Crippen molar-refractivity contribution < 1.29 is 23.8 Å². The number of benzene rings is 3. The first-order valence-corrected chi connectivity index (χ1v) is 11.4. The van der Waals surface area contributed by atoms with E-state index in [-0.39, 0.29) is 24.5 Å². The van der Waals surface area contributed by atoms with Gasteiger partial charge in [0.05, 0.1) is 11.4 Å². The molecule has 3 aromatic carbocycles. The Labute approximate surface area is 199 Å². The van der Waals surface area contributed by atoms with Gasteiger partial charge in [-0.05, 0) is 52.7 Å². The summed E-state index contributed by atoms with van der Waals surface area (Å²) >= 11 is 7.22. The smallest absolute Gasteiger partial charge is 0.293 e. The number of carbonyl (C=O) groups is 2. The minimum absolute atomic E-state index is 0.0533. The third kappa shape index (κ3) is 4.69. The van der Waals surface area contributed by atoms with E-state index in [2.05, 4.69) is 0 Å². The molecule has 6 nitrogen and oxygen atoms in total. The van der Waals surface area contributed by atoms with Gasteiger partial charge in [-0.2, -0.15) is 0 Å². The first kappa shape index (κ1) is 21.4. The lowest BCUT2D eigenvalue weighted by Crippen LogP contribution is -2.27. The van der Waals surface area contributed by atoms with Crippen LogP contribution in [-0.4, -0.2) is 22.8 Å². The van der Waals surface area contributed by atoms with Crippen LogP contribution in [-0.2, 0) is 17.9 Å². The van der Waals surface area contributed by atoms with Crippen LogP contribution in [0, 0.1) is 0 Å². The number of fused-ring (bicyclic) bond motifs is 1. The van der Waals surface area contributed by atoms with Crippen LogP contribution in [0.4, 0.5) is 4.79 Å². The van der Waals surface area contributed by atoms with Crippen LogP contribution in [0.1, 0.15) is 16.7 Å². The average molecular weight is 480 g/mol. The van der Waals surface area contributed by atoms with E-state index >= 15 is 0 Å². The number of hydrogen-bond acceptors (Lipinski definition) is 6. The number of amides is 2. The monoisotopic (exact) mass is 479 g/mol. The SMILES string of the molecule is O=C1S/C(=C\c2cccc(OCc3ccccc3)c2)C(=O)N1Cc1cc2c(cc1Cl)OCO2. The van der Waals surface area contributed by atoms with Crippen LogP contribution >= 0.6 is 23.4 Å². The predicted molar refractivity (Wildman–Crippen MR) is 126 cm³/mol. The van der Waals surface area contributed by atoms with Crippen molar-refractivity contribution in [1.82, 2.24) is 4.90 Å². The molecule has 2 aliphatic heterocycles. The van der Waals surface area contributed by atoms with Crippen molar-refractivity contribution in [2.24, 2.45) is 0 Å². The summed E-state index contributed by atoms with van der Waals surface area (Å²) in [5.74, 6) is 1.41. The molecular formula is C25H18ClNO5S. The number of rotatable bonds is 6. The Bertz CT molecular complexity index is 1260. The van der Waals surface area contributed by atoms with Gasteiger partial charge in [0.25, 0.3) is 11.1 Å². The van der Waals surface area contributed by atoms with Gasteiger partial charge in [-0.1, -0.05) is 54.1 Å². The highest BCUT2D eigenvalue weighted by molar-refractivity contribution is 8.18. The van der Waals surface area contributed by atoms with Crippen molar-refractivity contribution in [1.29, 1.82) is 0 Å².